The maximum absolute atomic E-state index is 12.1. The summed E-state index contributed by atoms with van der Waals surface area (Å²) < 4.78 is 6.41. The van der Waals surface area contributed by atoms with Gasteiger partial charge < -0.3 is 18.9 Å². The van der Waals surface area contributed by atoms with Crippen LogP contribution in [0.3, 0.4) is 0 Å². The summed E-state index contributed by atoms with van der Waals surface area (Å²) in [4.78, 5) is 37.3. The van der Waals surface area contributed by atoms with Crippen molar-refractivity contribution in [2.24, 2.45) is 7.05 Å². The van der Waals surface area contributed by atoms with E-state index in [1.807, 2.05) is 0 Å². The number of hydrogen-bond acceptors (Lipinski definition) is 7. The van der Waals surface area contributed by atoms with Gasteiger partial charge in [0.1, 0.15) is 16.3 Å². The molecule has 0 N–H and O–H groups in total. The number of aryl methyl sites for hydroxylation is 1. The van der Waals surface area contributed by atoms with E-state index in [-0.39, 0.29) is 68.4 Å². The van der Waals surface area contributed by atoms with Gasteiger partial charge in [-0.1, -0.05) is 0 Å². The van der Waals surface area contributed by atoms with Crippen molar-refractivity contribution in [3.63, 3.8) is 0 Å². The van der Waals surface area contributed by atoms with Crippen LogP contribution < -0.4 is 61.9 Å². The van der Waals surface area contributed by atoms with E-state index in [9.17, 15) is 24.8 Å². The maximum Gasteiger partial charge on any atom is 1.00 e. The van der Waals surface area contributed by atoms with Crippen molar-refractivity contribution in [3.05, 3.63) is 67.8 Å². The zero-order valence-corrected chi connectivity index (χ0v) is 17.0. The van der Waals surface area contributed by atoms with Crippen LogP contribution in [-0.2, 0) is 7.05 Å². The predicted molar refractivity (Wildman–Crippen MR) is 85.6 cm³/mol. The first-order valence-corrected chi connectivity index (χ1v) is 7.01. The number of aromatic nitrogens is 2. The van der Waals surface area contributed by atoms with Crippen LogP contribution in [0.5, 0.6) is 0 Å². The number of aromatic carboxylic acids is 1. The van der Waals surface area contributed by atoms with Crippen LogP contribution in [0.4, 0.5) is 5.88 Å². The Kier molecular flexibility index (Phi) is 6.26. The Labute approximate surface area is 188 Å². The van der Waals surface area contributed by atoms with Crippen LogP contribution >= 0.6 is 0 Å². The minimum absolute atomic E-state index is 0. The summed E-state index contributed by atoms with van der Waals surface area (Å²) in [6.45, 7) is 0. The van der Waals surface area contributed by atoms with Crippen molar-refractivity contribution in [1.82, 2.24) is 9.55 Å². The molecule has 0 saturated carbocycles. The molecule has 0 spiro atoms. The Balaban J connectivity index is 0.00000243. The Morgan fingerprint density at radius 3 is 2.62 bits per heavy atom. The Bertz CT molecular complexity index is 1100. The van der Waals surface area contributed by atoms with Crippen molar-refractivity contribution >= 4 is 35.0 Å². The fourth-order valence-electron chi connectivity index (χ4n) is 2.30. The van der Waals surface area contributed by atoms with Crippen molar-refractivity contribution in [3.8, 4) is 0 Å². The van der Waals surface area contributed by atoms with E-state index in [0.717, 1.165) is 6.20 Å². The number of pyridine rings is 2. The molecule has 3 rings (SSSR count). The Morgan fingerprint density at radius 1 is 1.27 bits per heavy atom. The summed E-state index contributed by atoms with van der Waals surface area (Å²) >= 11 is 0. The van der Waals surface area contributed by atoms with Gasteiger partial charge in [-0.3, -0.25) is 14.9 Å². The topological polar surface area (TPSA) is 131 Å². The van der Waals surface area contributed by atoms with Crippen LogP contribution in [0.25, 0.3) is 23.2 Å². The van der Waals surface area contributed by atoms with Gasteiger partial charge in [0, 0.05) is 13.2 Å². The summed E-state index contributed by atoms with van der Waals surface area (Å²) in [5, 5.41) is 21.7. The number of rotatable bonds is 4. The van der Waals surface area contributed by atoms with Crippen LogP contribution in [0.1, 0.15) is 21.8 Å². The molecule has 126 valence electrons. The van der Waals surface area contributed by atoms with Gasteiger partial charge in [0.25, 0.3) is 0 Å². The van der Waals surface area contributed by atoms with E-state index >= 15 is 0 Å². The van der Waals surface area contributed by atoms with Crippen molar-refractivity contribution < 1.29 is 70.6 Å². The molecule has 0 aliphatic heterocycles. The third-order valence-corrected chi connectivity index (χ3v) is 3.47. The number of hydrogen-bond donors (Lipinski definition) is 0. The summed E-state index contributed by atoms with van der Waals surface area (Å²) in [5.74, 6) is -1.65. The molecule has 0 fully saturated rings. The fourth-order valence-corrected chi connectivity index (χ4v) is 2.30. The number of carbonyl (C=O) groups is 1. The molecule has 26 heavy (non-hydrogen) atoms. The molecule has 10 heteroatoms. The number of carbonyl (C=O) groups excluding carboxylic acids is 1. The van der Waals surface area contributed by atoms with Gasteiger partial charge in [-0.2, -0.15) is 0 Å². The fraction of sp³-hybridized carbons (Fsp3) is 0.0625. The molecule has 0 saturated heterocycles. The first kappa shape index (κ1) is 20.2. The predicted octanol–water partition coefficient (Wildman–Crippen LogP) is -2.03. The summed E-state index contributed by atoms with van der Waals surface area (Å²) in [7, 11) is 1.56. The third kappa shape index (κ3) is 4.00. The molecule has 9 nitrogen and oxygen atoms in total. The number of carboxylic acid groups (broad SMARTS) is 1. The monoisotopic (exact) mass is 379 g/mol. The number of nitro groups is 1. The zero-order valence-electron chi connectivity index (χ0n) is 13.8. The summed E-state index contributed by atoms with van der Waals surface area (Å²) in [6, 6.07) is 5.66. The SMILES string of the molecule is Cn1cc(C(=O)[O-])c(=O)c2ccc(/C=C/c3ccc([N+](=O)[O-])o3)nc21.[K+]. The average molecular weight is 379 g/mol. The van der Waals surface area contributed by atoms with E-state index in [1.165, 1.54) is 34.9 Å². The minimum Gasteiger partial charge on any atom is -0.545 e. The quantitative estimate of drug-likeness (QED) is 0.290. The number of furan rings is 1. The summed E-state index contributed by atoms with van der Waals surface area (Å²) in [5.41, 5.74) is -0.355. The van der Waals surface area contributed by atoms with E-state index in [2.05, 4.69) is 4.98 Å². The zero-order chi connectivity index (χ0) is 18.1. The molecule has 3 heterocycles. The maximum atomic E-state index is 12.1. The Morgan fingerprint density at radius 2 is 2.00 bits per heavy atom. The molecule has 0 unspecified atom stereocenters. The molecule has 0 aliphatic carbocycles. The molecular formula is C16H10KN3O6. The van der Waals surface area contributed by atoms with Crippen molar-refractivity contribution in [1.29, 1.82) is 0 Å². The van der Waals surface area contributed by atoms with Gasteiger partial charge >= 0.3 is 57.3 Å². The molecular weight excluding hydrogens is 369 g/mol. The second kappa shape index (κ2) is 8.06. The molecule has 0 bridgehead atoms. The third-order valence-electron chi connectivity index (χ3n) is 3.47. The smallest absolute Gasteiger partial charge is 0.545 e. The van der Waals surface area contributed by atoms with Gasteiger partial charge in [0.05, 0.1) is 28.7 Å². The minimum atomic E-state index is -1.55. The molecule has 0 atom stereocenters. The number of carboxylic acids is 1. The molecule has 3 aromatic rings. The van der Waals surface area contributed by atoms with Crippen molar-refractivity contribution in [2.75, 3.05) is 0 Å². The molecule has 0 aliphatic rings. The van der Waals surface area contributed by atoms with Gasteiger partial charge in [-0.25, -0.2) is 4.98 Å². The largest absolute Gasteiger partial charge is 1.00 e. The molecule has 3 aromatic heterocycles. The second-order valence-corrected chi connectivity index (χ2v) is 5.14. The summed E-state index contributed by atoms with van der Waals surface area (Å²) in [6.07, 6.45) is 4.20. The number of nitrogens with zero attached hydrogens (tertiary/aromatic N) is 3. The van der Waals surface area contributed by atoms with Crippen LogP contribution in [-0.4, -0.2) is 20.4 Å². The van der Waals surface area contributed by atoms with Gasteiger partial charge in [0.15, 0.2) is 5.43 Å². The van der Waals surface area contributed by atoms with Crippen molar-refractivity contribution in [2.45, 2.75) is 0 Å². The Hall–Kier alpha value is -2.11. The molecule has 0 aromatic carbocycles. The normalized spacial score (nSPS) is 10.8. The molecule has 0 amide bonds. The van der Waals surface area contributed by atoms with Gasteiger partial charge in [-0.05, 0) is 30.4 Å². The standard InChI is InChI=1S/C16H11N3O6.K/c1-18-8-12(16(21)22)14(20)11-6-3-9(17-15(11)18)2-4-10-5-7-13(25-10)19(23)24;/h2-8H,1H3,(H,21,22);/q;+1/p-1/b4-2+;. The first-order chi connectivity index (χ1) is 11.9. The first-order valence-electron chi connectivity index (χ1n) is 7.01. The van der Waals surface area contributed by atoms with E-state index < -0.39 is 21.9 Å². The van der Waals surface area contributed by atoms with Crippen LogP contribution in [0.15, 0.2) is 39.7 Å². The molecule has 0 radical (unpaired) electrons. The van der Waals surface area contributed by atoms with E-state index in [0.29, 0.717) is 11.3 Å². The van der Waals surface area contributed by atoms with Crippen LogP contribution in [0, 0.1) is 10.1 Å². The number of fused-ring (bicyclic) bond motifs is 1. The van der Waals surface area contributed by atoms with E-state index in [1.54, 1.807) is 13.1 Å². The average Bonchev–Trinajstić information content (AvgIpc) is 3.05. The van der Waals surface area contributed by atoms with Gasteiger partial charge in [-0.15, -0.1) is 0 Å². The second-order valence-electron chi connectivity index (χ2n) is 5.14. The van der Waals surface area contributed by atoms with Crippen LogP contribution in [0.2, 0.25) is 0 Å². The van der Waals surface area contributed by atoms with E-state index in [4.69, 9.17) is 4.42 Å². The van der Waals surface area contributed by atoms with Gasteiger partial charge in [0.2, 0.25) is 0 Å².